The Labute approximate surface area is 209 Å². The summed E-state index contributed by atoms with van der Waals surface area (Å²) in [6.45, 7) is 2.84. The Kier molecular flexibility index (Phi) is 6.83. The Bertz CT molecular complexity index is 1310. The van der Waals surface area contributed by atoms with E-state index in [9.17, 15) is 9.18 Å². The molecule has 0 amide bonds. The van der Waals surface area contributed by atoms with Crippen LogP contribution in [0, 0.1) is 0 Å². The molecule has 0 atom stereocenters. The third-order valence-corrected chi connectivity index (χ3v) is 6.27. The molecule has 0 radical (unpaired) electrons. The fourth-order valence-corrected chi connectivity index (χ4v) is 4.00. The molecule has 2 aromatic heterocycles. The summed E-state index contributed by atoms with van der Waals surface area (Å²) < 4.78 is 19.3. The Morgan fingerprint density at radius 3 is 2.36 bits per heavy atom. The molecule has 1 aliphatic carbocycles. The number of rotatable bonds is 7. The van der Waals surface area contributed by atoms with E-state index in [0.717, 1.165) is 29.5 Å². The van der Waals surface area contributed by atoms with Crippen molar-refractivity contribution in [2.75, 3.05) is 19.5 Å². The number of hydrogen-bond donors (Lipinski definition) is 2. The van der Waals surface area contributed by atoms with Gasteiger partial charge in [0.15, 0.2) is 0 Å². The van der Waals surface area contributed by atoms with Crippen LogP contribution >= 0.6 is 0 Å². The molecule has 4 rings (SSSR count). The van der Waals surface area contributed by atoms with E-state index in [2.05, 4.69) is 25.3 Å². The van der Waals surface area contributed by atoms with Gasteiger partial charge in [-0.3, -0.25) is 19.8 Å². The Hall–Kier alpha value is -4.14. The summed E-state index contributed by atoms with van der Waals surface area (Å²) in [4.78, 5) is 29.4. The third-order valence-electron chi connectivity index (χ3n) is 6.27. The number of amidine groups is 1. The molecular weight excluding hydrogens is 459 g/mol. The minimum absolute atomic E-state index is 0.185. The number of esters is 1. The van der Waals surface area contributed by atoms with Crippen LogP contribution < -0.4 is 11.1 Å². The van der Waals surface area contributed by atoms with Crippen molar-refractivity contribution in [3.05, 3.63) is 78.1 Å². The lowest BCUT2D eigenvalue weighted by molar-refractivity contribution is -0.143. The Balaban J connectivity index is 1.52. The summed E-state index contributed by atoms with van der Waals surface area (Å²) in [5, 5.41) is 3.06. The molecular formula is C27H29FN6O2. The molecule has 36 heavy (non-hydrogen) atoms. The number of nitrogens with one attached hydrogen (secondary N) is 1. The lowest BCUT2D eigenvalue weighted by Gasteiger charge is -2.16. The number of nitrogens with two attached hydrogens (primary N) is 1. The summed E-state index contributed by atoms with van der Waals surface area (Å²) in [6, 6.07) is 11.7. The zero-order valence-corrected chi connectivity index (χ0v) is 20.7. The highest BCUT2D eigenvalue weighted by molar-refractivity contribution is 6.27. The standard InChI is InChI=1S/C27H29FN6O2/c1-26(2,28)22-15-31-16-23(33-22)34-24(30-3)20(13-29)21-10-7-18(14-32-21)17-5-8-19(9-6-17)27(11-12-27)25(35)36-4/h5-10,13-16H,11-12,29H2,1-4H3,(H,30,33,34). The average Bonchev–Trinajstić information content (AvgIpc) is 3.70. The molecule has 1 fully saturated rings. The zero-order chi connectivity index (χ0) is 25.9. The second kappa shape index (κ2) is 9.85. The summed E-state index contributed by atoms with van der Waals surface area (Å²) in [5.41, 5.74) is 8.01. The van der Waals surface area contributed by atoms with Crippen LogP contribution in [0.15, 0.2) is 66.2 Å². The number of carbonyl (C=O) groups is 1. The van der Waals surface area contributed by atoms with Crippen molar-refractivity contribution in [3.63, 3.8) is 0 Å². The van der Waals surface area contributed by atoms with E-state index in [-0.39, 0.29) is 11.7 Å². The number of hydrogen-bond acceptors (Lipinski definition) is 7. The molecule has 2 heterocycles. The van der Waals surface area contributed by atoms with Gasteiger partial charge in [0.1, 0.15) is 17.3 Å². The van der Waals surface area contributed by atoms with E-state index in [1.807, 2.05) is 36.4 Å². The second-order valence-electron chi connectivity index (χ2n) is 9.12. The minimum Gasteiger partial charge on any atom is -0.468 e. The second-order valence-corrected chi connectivity index (χ2v) is 9.12. The van der Waals surface area contributed by atoms with E-state index in [1.54, 1.807) is 13.2 Å². The lowest BCUT2D eigenvalue weighted by Crippen LogP contribution is -2.21. The first-order chi connectivity index (χ1) is 17.2. The molecule has 0 bridgehead atoms. The first-order valence-electron chi connectivity index (χ1n) is 11.5. The van der Waals surface area contributed by atoms with Crippen LogP contribution in [0.25, 0.3) is 16.7 Å². The van der Waals surface area contributed by atoms with Crippen LogP contribution in [0.3, 0.4) is 0 Å². The van der Waals surface area contributed by atoms with Gasteiger partial charge in [-0.15, -0.1) is 0 Å². The Morgan fingerprint density at radius 1 is 1.14 bits per heavy atom. The van der Waals surface area contributed by atoms with Crippen molar-refractivity contribution in [3.8, 4) is 11.1 Å². The molecule has 1 saturated carbocycles. The van der Waals surface area contributed by atoms with Gasteiger partial charge in [0, 0.05) is 25.0 Å². The maximum absolute atomic E-state index is 14.3. The zero-order valence-electron chi connectivity index (χ0n) is 20.7. The lowest BCUT2D eigenvalue weighted by atomic mass is 9.94. The Morgan fingerprint density at radius 2 is 1.83 bits per heavy atom. The van der Waals surface area contributed by atoms with Gasteiger partial charge in [-0.05, 0) is 43.9 Å². The quantitative estimate of drug-likeness (QED) is 0.288. The summed E-state index contributed by atoms with van der Waals surface area (Å²) in [7, 11) is 3.03. The molecule has 3 aromatic rings. The highest BCUT2D eigenvalue weighted by Gasteiger charge is 2.52. The van der Waals surface area contributed by atoms with E-state index in [1.165, 1.54) is 39.6 Å². The van der Waals surface area contributed by atoms with Crippen molar-refractivity contribution in [1.29, 1.82) is 0 Å². The average molecular weight is 489 g/mol. The number of aliphatic imine (C=N–C) groups is 1. The highest BCUT2D eigenvalue weighted by Crippen LogP contribution is 2.49. The molecule has 0 saturated heterocycles. The largest absolute Gasteiger partial charge is 0.468 e. The van der Waals surface area contributed by atoms with Crippen LogP contribution in [0.4, 0.5) is 10.2 Å². The molecule has 8 nitrogen and oxygen atoms in total. The predicted molar refractivity (Wildman–Crippen MR) is 138 cm³/mol. The molecule has 1 aliphatic rings. The van der Waals surface area contributed by atoms with Crippen LogP contribution in [0.2, 0.25) is 0 Å². The fourth-order valence-electron chi connectivity index (χ4n) is 4.00. The van der Waals surface area contributed by atoms with Crippen LogP contribution in [0.1, 0.15) is 43.6 Å². The van der Waals surface area contributed by atoms with Crippen molar-refractivity contribution in [2.45, 2.75) is 37.8 Å². The van der Waals surface area contributed by atoms with Crippen LogP contribution in [-0.2, 0) is 20.6 Å². The maximum Gasteiger partial charge on any atom is 0.316 e. The molecule has 186 valence electrons. The van der Waals surface area contributed by atoms with E-state index < -0.39 is 11.1 Å². The number of benzene rings is 1. The topological polar surface area (TPSA) is 115 Å². The number of alkyl halides is 1. The van der Waals surface area contributed by atoms with Gasteiger partial charge in [0.2, 0.25) is 0 Å². The van der Waals surface area contributed by atoms with E-state index >= 15 is 0 Å². The van der Waals surface area contributed by atoms with Crippen molar-refractivity contribution < 1.29 is 13.9 Å². The molecule has 9 heteroatoms. The van der Waals surface area contributed by atoms with Crippen LogP contribution in [-0.4, -0.2) is 40.9 Å². The summed E-state index contributed by atoms with van der Waals surface area (Å²) >= 11 is 0. The first kappa shape index (κ1) is 25.0. The first-order valence-corrected chi connectivity index (χ1v) is 11.5. The van der Waals surface area contributed by atoms with Gasteiger partial charge < -0.3 is 15.8 Å². The van der Waals surface area contributed by atoms with E-state index in [4.69, 9.17) is 10.5 Å². The molecule has 0 aliphatic heterocycles. The molecule has 0 unspecified atom stereocenters. The van der Waals surface area contributed by atoms with Gasteiger partial charge in [0.05, 0.1) is 41.9 Å². The van der Waals surface area contributed by atoms with Gasteiger partial charge in [-0.1, -0.05) is 30.3 Å². The number of methoxy groups -OCH3 is 1. The third kappa shape index (κ3) is 4.95. The van der Waals surface area contributed by atoms with Gasteiger partial charge >= 0.3 is 5.97 Å². The smallest absolute Gasteiger partial charge is 0.316 e. The number of anilines is 1. The maximum atomic E-state index is 14.3. The molecule has 0 spiro atoms. The van der Waals surface area contributed by atoms with E-state index in [0.29, 0.717) is 22.9 Å². The number of nitrogens with zero attached hydrogens (tertiary/aromatic N) is 4. The highest BCUT2D eigenvalue weighted by atomic mass is 19.1. The van der Waals surface area contributed by atoms with Crippen molar-refractivity contribution in [1.82, 2.24) is 15.0 Å². The van der Waals surface area contributed by atoms with Crippen molar-refractivity contribution >= 4 is 23.2 Å². The number of carbonyl (C=O) groups excluding carboxylic acids is 1. The monoisotopic (exact) mass is 488 g/mol. The predicted octanol–water partition coefficient (Wildman–Crippen LogP) is 4.39. The van der Waals surface area contributed by atoms with Gasteiger partial charge in [-0.2, -0.15) is 0 Å². The minimum atomic E-state index is -1.63. The fraction of sp³-hybridized carbons (Fsp3) is 0.296. The number of pyridine rings is 1. The molecule has 3 N–H and O–H groups in total. The van der Waals surface area contributed by atoms with Gasteiger partial charge in [-0.25, -0.2) is 9.37 Å². The number of aromatic nitrogens is 3. The van der Waals surface area contributed by atoms with Crippen molar-refractivity contribution in [2.24, 2.45) is 10.7 Å². The van der Waals surface area contributed by atoms with Crippen LogP contribution in [0.5, 0.6) is 0 Å². The summed E-state index contributed by atoms with van der Waals surface area (Å²) in [5.74, 6) is 0.577. The number of ether oxygens (including phenoxy) is 1. The SMILES string of the molecule is CN=C(Nc1cncc(C(C)(C)F)n1)C(=CN)c1ccc(-c2ccc(C3(C(=O)OC)CC3)cc2)cn1. The van der Waals surface area contributed by atoms with Gasteiger partial charge in [0.25, 0.3) is 0 Å². The molecule has 1 aromatic carbocycles. The normalized spacial score (nSPS) is 15.4. The number of halogens is 1. The summed E-state index contributed by atoms with van der Waals surface area (Å²) in [6.07, 6.45) is 7.65.